The standard InChI is InChI=1S/C12H21NO3/c1-12(9-11(14)15,8-10-2-3-10)13-4-6-16-7-5-13/h10H,2-9H2,1H3,(H,14,15). The molecule has 0 aromatic carbocycles. The van der Waals surface area contributed by atoms with E-state index in [1.807, 2.05) is 0 Å². The molecule has 92 valence electrons. The van der Waals surface area contributed by atoms with Crippen molar-refractivity contribution in [1.29, 1.82) is 0 Å². The number of nitrogens with zero attached hydrogens (tertiary/aromatic N) is 1. The van der Waals surface area contributed by atoms with Crippen LogP contribution < -0.4 is 0 Å². The van der Waals surface area contributed by atoms with Crippen molar-refractivity contribution in [2.75, 3.05) is 26.3 Å². The third-order valence-corrected chi connectivity index (χ3v) is 3.73. The Balaban J connectivity index is 2.00. The molecule has 1 atom stereocenters. The molecule has 2 fully saturated rings. The number of hydrogen-bond donors (Lipinski definition) is 1. The normalized spacial score (nSPS) is 26.3. The molecule has 1 aliphatic heterocycles. The first-order valence-electron chi connectivity index (χ1n) is 6.15. The molecule has 1 N–H and O–H groups in total. The first-order chi connectivity index (χ1) is 7.60. The van der Waals surface area contributed by atoms with Crippen molar-refractivity contribution >= 4 is 5.97 Å². The maximum absolute atomic E-state index is 11.0. The van der Waals surface area contributed by atoms with E-state index in [9.17, 15) is 4.79 Å². The second-order valence-corrected chi connectivity index (χ2v) is 5.31. The Kier molecular flexibility index (Phi) is 3.50. The highest BCUT2D eigenvalue weighted by molar-refractivity contribution is 5.68. The lowest BCUT2D eigenvalue weighted by Crippen LogP contribution is -2.53. The van der Waals surface area contributed by atoms with Crippen molar-refractivity contribution in [2.45, 2.75) is 38.1 Å². The number of carbonyl (C=O) groups is 1. The van der Waals surface area contributed by atoms with Crippen LogP contribution in [-0.2, 0) is 9.53 Å². The summed E-state index contributed by atoms with van der Waals surface area (Å²) in [4.78, 5) is 13.3. The first-order valence-corrected chi connectivity index (χ1v) is 6.15. The molecule has 0 bridgehead atoms. The van der Waals surface area contributed by atoms with Crippen molar-refractivity contribution in [3.05, 3.63) is 0 Å². The first kappa shape index (κ1) is 11.9. The van der Waals surface area contributed by atoms with Crippen LogP contribution in [-0.4, -0.2) is 47.8 Å². The molecule has 4 nitrogen and oxygen atoms in total. The summed E-state index contributed by atoms with van der Waals surface area (Å²) in [5.74, 6) is 0.0711. The van der Waals surface area contributed by atoms with E-state index in [1.165, 1.54) is 12.8 Å². The average Bonchev–Trinajstić information content (AvgIpc) is 3.02. The summed E-state index contributed by atoms with van der Waals surface area (Å²) in [6, 6.07) is 0. The van der Waals surface area contributed by atoms with E-state index in [1.54, 1.807) is 0 Å². The molecular formula is C12H21NO3. The van der Waals surface area contributed by atoms with E-state index >= 15 is 0 Å². The molecule has 1 unspecified atom stereocenters. The maximum atomic E-state index is 11.0. The molecule has 4 heteroatoms. The van der Waals surface area contributed by atoms with Gasteiger partial charge in [-0.15, -0.1) is 0 Å². The summed E-state index contributed by atoms with van der Waals surface area (Å²) < 4.78 is 5.33. The smallest absolute Gasteiger partial charge is 0.305 e. The van der Waals surface area contributed by atoms with Gasteiger partial charge in [0, 0.05) is 18.6 Å². The van der Waals surface area contributed by atoms with E-state index in [-0.39, 0.29) is 12.0 Å². The predicted molar refractivity (Wildman–Crippen MR) is 60.4 cm³/mol. The number of aliphatic carboxylic acids is 1. The van der Waals surface area contributed by atoms with Crippen molar-refractivity contribution in [1.82, 2.24) is 4.90 Å². The zero-order chi connectivity index (χ0) is 11.6. The van der Waals surface area contributed by atoms with Gasteiger partial charge in [-0.25, -0.2) is 0 Å². The molecular weight excluding hydrogens is 206 g/mol. The van der Waals surface area contributed by atoms with E-state index < -0.39 is 5.97 Å². The lowest BCUT2D eigenvalue weighted by atomic mass is 9.88. The molecule has 2 rings (SSSR count). The van der Waals surface area contributed by atoms with Crippen LogP contribution in [0.3, 0.4) is 0 Å². The van der Waals surface area contributed by atoms with Crippen LogP contribution >= 0.6 is 0 Å². The van der Waals surface area contributed by atoms with Crippen LogP contribution in [0.2, 0.25) is 0 Å². The minimum Gasteiger partial charge on any atom is -0.481 e. The van der Waals surface area contributed by atoms with E-state index in [4.69, 9.17) is 9.84 Å². The number of carboxylic acid groups (broad SMARTS) is 1. The third-order valence-electron chi connectivity index (χ3n) is 3.73. The lowest BCUT2D eigenvalue weighted by molar-refractivity contribution is -0.141. The van der Waals surface area contributed by atoms with Crippen molar-refractivity contribution in [2.24, 2.45) is 5.92 Å². The number of carboxylic acids is 1. The average molecular weight is 227 g/mol. The van der Waals surface area contributed by atoms with Crippen molar-refractivity contribution in [3.8, 4) is 0 Å². The molecule has 2 aliphatic rings. The highest BCUT2D eigenvalue weighted by atomic mass is 16.5. The summed E-state index contributed by atoms with van der Waals surface area (Å²) in [5.41, 5.74) is -0.170. The van der Waals surface area contributed by atoms with Gasteiger partial charge in [-0.1, -0.05) is 12.8 Å². The molecule has 0 aromatic rings. The second kappa shape index (κ2) is 4.72. The van der Waals surface area contributed by atoms with E-state index in [2.05, 4.69) is 11.8 Å². The van der Waals surface area contributed by atoms with Crippen LogP contribution in [0, 0.1) is 5.92 Å². The molecule has 16 heavy (non-hydrogen) atoms. The summed E-state index contributed by atoms with van der Waals surface area (Å²) >= 11 is 0. The summed E-state index contributed by atoms with van der Waals surface area (Å²) in [6.45, 7) is 5.32. The van der Waals surface area contributed by atoms with Crippen molar-refractivity contribution < 1.29 is 14.6 Å². The Morgan fingerprint density at radius 1 is 1.44 bits per heavy atom. The lowest BCUT2D eigenvalue weighted by Gasteiger charge is -2.42. The molecule has 1 aliphatic carbocycles. The molecule has 1 saturated carbocycles. The fourth-order valence-electron chi connectivity index (χ4n) is 2.69. The number of hydrogen-bond acceptors (Lipinski definition) is 3. The number of morpholine rings is 1. The van der Waals surface area contributed by atoms with Crippen LogP contribution in [0.4, 0.5) is 0 Å². The van der Waals surface area contributed by atoms with Crippen LogP contribution in [0.25, 0.3) is 0 Å². The SMILES string of the molecule is CC(CC(=O)O)(CC1CC1)N1CCOCC1. The molecule has 0 amide bonds. The van der Waals surface area contributed by atoms with Gasteiger partial charge in [-0.3, -0.25) is 9.69 Å². The quantitative estimate of drug-likeness (QED) is 0.770. The number of ether oxygens (including phenoxy) is 1. The summed E-state index contributed by atoms with van der Waals surface area (Å²) in [7, 11) is 0. The maximum Gasteiger partial charge on any atom is 0.305 e. The van der Waals surface area contributed by atoms with Crippen LogP contribution in [0.15, 0.2) is 0 Å². The van der Waals surface area contributed by atoms with Crippen LogP contribution in [0.5, 0.6) is 0 Å². The molecule has 0 spiro atoms. The fourth-order valence-corrected chi connectivity index (χ4v) is 2.69. The second-order valence-electron chi connectivity index (χ2n) is 5.31. The van der Waals surface area contributed by atoms with Gasteiger partial charge < -0.3 is 9.84 Å². The fraction of sp³-hybridized carbons (Fsp3) is 0.917. The Hall–Kier alpha value is -0.610. The Morgan fingerprint density at radius 2 is 2.06 bits per heavy atom. The molecule has 0 radical (unpaired) electrons. The van der Waals surface area contributed by atoms with Gasteiger partial charge in [0.05, 0.1) is 19.6 Å². The van der Waals surface area contributed by atoms with Gasteiger partial charge in [0.25, 0.3) is 0 Å². The Morgan fingerprint density at radius 3 is 2.56 bits per heavy atom. The highest BCUT2D eigenvalue weighted by Gasteiger charge is 2.39. The third kappa shape index (κ3) is 2.95. The van der Waals surface area contributed by atoms with E-state index in [0.717, 1.165) is 38.6 Å². The zero-order valence-electron chi connectivity index (χ0n) is 9.95. The van der Waals surface area contributed by atoms with Gasteiger partial charge >= 0.3 is 5.97 Å². The zero-order valence-corrected chi connectivity index (χ0v) is 9.95. The van der Waals surface area contributed by atoms with Crippen molar-refractivity contribution in [3.63, 3.8) is 0 Å². The summed E-state index contributed by atoms with van der Waals surface area (Å²) in [5, 5.41) is 9.06. The minimum absolute atomic E-state index is 0.170. The van der Waals surface area contributed by atoms with Gasteiger partial charge in [0.15, 0.2) is 0 Å². The Bertz CT molecular complexity index is 259. The number of rotatable bonds is 5. The van der Waals surface area contributed by atoms with Gasteiger partial charge in [0.2, 0.25) is 0 Å². The summed E-state index contributed by atoms with van der Waals surface area (Å²) in [6.07, 6.45) is 3.84. The van der Waals surface area contributed by atoms with Gasteiger partial charge in [-0.05, 0) is 19.3 Å². The van der Waals surface area contributed by atoms with Crippen LogP contribution in [0.1, 0.15) is 32.6 Å². The van der Waals surface area contributed by atoms with Gasteiger partial charge in [0.1, 0.15) is 0 Å². The largest absolute Gasteiger partial charge is 0.481 e. The predicted octanol–water partition coefficient (Wildman–Crippen LogP) is 1.35. The van der Waals surface area contributed by atoms with Gasteiger partial charge in [-0.2, -0.15) is 0 Å². The Labute approximate surface area is 96.6 Å². The topological polar surface area (TPSA) is 49.8 Å². The minimum atomic E-state index is -0.686. The molecule has 1 saturated heterocycles. The molecule has 0 aromatic heterocycles. The van der Waals surface area contributed by atoms with E-state index in [0.29, 0.717) is 0 Å². The highest BCUT2D eigenvalue weighted by Crippen LogP contribution is 2.40. The molecule has 1 heterocycles. The monoisotopic (exact) mass is 227 g/mol.